The maximum Gasteiger partial charge on any atom is 0.306 e. The van der Waals surface area contributed by atoms with Gasteiger partial charge in [-0.15, -0.1) is 0 Å². The van der Waals surface area contributed by atoms with Gasteiger partial charge in [-0.1, -0.05) is 60.3 Å². The lowest BCUT2D eigenvalue weighted by molar-refractivity contribution is -0.173. The third kappa shape index (κ3) is 8.38. The van der Waals surface area contributed by atoms with E-state index in [1.54, 1.807) is 0 Å². The summed E-state index contributed by atoms with van der Waals surface area (Å²) in [5.41, 5.74) is -0.353. The van der Waals surface area contributed by atoms with Crippen LogP contribution >= 0.6 is 0 Å². The molecule has 0 heterocycles. The smallest absolute Gasteiger partial charge is 0.306 e. The number of rotatable bonds is 13. The minimum absolute atomic E-state index is 0.0832. The monoisotopic (exact) mass is 328 g/mol. The number of unbranched alkanes of at least 4 members (excludes halogenated alkanes) is 5. The Morgan fingerprint density at radius 2 is 1.30 bits per heavy atom. The minimum Gasteiger partial charge on any atom is -0.481 e. The molecule has 0 atom stereocenters. The fourth-order valence-corrected chi connectivity index (χ4v) is 3.31. The number of carbonyl (C=O) groups is 2. The Labute approximate surface area is 142 Å². The molecule has 4 nitrogen and oxygen atoms in total. The molecule has 0 rings (SSSR count). The number of aliphatic carboxylic acids is 1. The van der Waals surface area contributed by atoms with Gasteiger partial charge in [0.15, 0.2) is 0 Å². The Kier molecular flexibility index (Phi) is 10.9. The molecule has 0 aromatic carbocycles. The van der Waals surface area contributed by atoms with E-state index >= 15 is 0 Å². The van der Waals surface area contributed by atoms with Crippen LogP contribution in [0, 0.1) is 11.8 Å². The van der Waals surface area contributed by atoms with Gasteiger partial charge in [0, 0.05) is 12.8 Å². The number of carboxylic acid groups (broad SMARTS) is 1. The van der Waals surface area contributed by atoms with Crippen molar-refractivity contribution >= 4 is 11.9 Å². The highest BCUT2D eigenvalue weighted by Gasteiger charge is 2.39. The fourth-order valence-electron chi connectivity index (χ4n) is 3.31. The first-order chi connectivity index (χ1) is 10.8. The molecule has 0 radical (unpaired) electrons. The zero-order valence-corrected chi connectivity index (χ0v) is 15.7. The molecular weight excluding hydrogens is 292 g/mol. The van der Waals surface area contributed by atoms with Crippen LogP contribution in [0.1, 0.15) is 92.4 Å². The highest BCUT2D eigenvalue weighted by molar-refractivity contribution is 5.70. The molecule has 0 spiro atoms. The highest BCUT2D eigenvalue weighted by Crippen LogP contribution is 2.34. The molecule has 0 saturated heterocycles. The predicted molar refractivity (Wildman–Crippen MR) is 93.4 cm³/mol. The largest absolute Gasteiger partial charge is 0.481 e. The molecule has 23 heavy (non-hydrogen) atoms. The van der Waals surface area contributed by atoms with E-state index in [0.717, 1.165) is 44.9 Å². The molecule has 0 amide bonds. The van der Waals surface area contributed by atoms with E-state index in [0.29, 0.717) is 18.3 Å². The van der Waals surface area contributed by atoms with E-state index in [1.165, 1.54) is 0 Å². The first kappa shape index (κ1) is 21.9. The van der Waals surface area contributed by atoms with Crippen LogP contribution in [0.25, 0.3) is 0 Å². The molecule has 0 saturated carbocycles. The van der Waals surface area contributed by atoms with Gasteiger partial charge < -0.3 is 9.84 Å². The van der Waals surface area contributed by atoms with Gasteiger partial charge in [-0.05, 0) is 31.1 Å². The van der Waals surface area contributed by atoms with Gasteiger partial charge in [0.1, 0.15) is 5.60 Å². The summed E-state index contributed by atoms with van der Waals surface area (Å²) < 4.78 is 5.88. The molecule has 0 fully saturated rings. The standard InChI is InChI=1S/C19H36O4/c1-6-19(15(2)3,16(4)5)23-18(22)14-12-10-8-7-9-11-13-17(20)21/h15-16H,6-14H2,1-5H3,(H,20,21). The summed E-state index contributed by atoms with van der Waals surface area (Å²) >= 11 is 0. The van der Waals surface area contributed by atoms with Gasteiger partial charge in [0.05, 0.1) is 0 Å². The number of carboxylic acids is 1. The van der Waals surface area contributed by atoms with Crippen molar-refractivity contribution in [1.29, 1.82) is 0 Å². The Morgan fingerprint density at radius 1 is 0.870 bits per heavy atom. The number of hydrogen-bond donors (Lipinski definition) is 1. The number of esters is 1. The summed E-state index contributed by atoms with van der Waals surface area (Å²) in [4.78, 5) is 22.5. The van der Waals surface area contributed by atoms with Gasteiger partial charge in [0.25, 0.3) is 0 Å². The van der Waals surface area contributed by atoms with Gasteiger partial charge in [-0.2, -0.15) is 0 Å². The van der Waals surface area contributed by atoms with Crippen molar-refractivity contribution in [3.05, 3.63) is 0 Å². The number of hydrogen-bond acceptors (Lipinski definition) is 3. The lowest BCUT2D eigenvalue weighted by Gasteiger charge is -2.40. The highest BCUT2D eigenvalue weighted by atomic mass is 16.6. The van der Waals surface area contributed by atoms with Crippen molar-refractivity contribution in [1.82, 2.24) is 0 Å². The van der Waals surface area contributed by atoms with E-state index in [1.807, 2.05) is 0 Å². The second-order valence-electron chi connectivity index (χ2n) is 7.11. The normalized spacial score (nSPS) is 12.0. The molecular formula is C19H36O4. The summed E-state index contributed by atoms with van der Waals surface area (Å²) in [6, 6.07) is 0. The molecule has 0 unspecified atom stereocenters. The van der Waals surface area contributed by atoms with E-state index in [-0.39, 0.29) is 18.0 Å². The van der Waals surface area contributed by atoms with E-state index < -0.39 is 5.97 Å². The molecule has 0 aromatic heterocycles. The number of carbonyl (C=O) groups excluding carboxylic acids is 1. The lowest BCUT2D eigenvalue weighted by Crippen LogP contribution is -2.44. The van der Waals surface area contributed by atoms with Crippen LogP contribution in [0.15, 0.2) is 0 Å². The summed E-state index contributed by atoms with van der Waals surface area (Å²) in [6.45, 7) is 10.6. The van der Waals surface area contributed by atoms with Crippen molar-refractivity contribution in [2.45, 2.75) is 98.0 Å². The zero-order chi connectivity index (χ0) is 17.9. The van der Waals surface area contributed by atoms with Crippen molar-refractivity contribution in [3.8, 4) is 0 Å². The molecule has 0 aliphatic carbocycles. The minimum atomic E-state index is -0.720. The molecule has 4 heteroatoms. The quantitative estimate of drug-likeness (QED) is 0.373. The van der Waals surface area contributed by atoms with E-state index in [2.05, 4.69) is 34.6 Å². The maximum absolute atomic E-state index is 12.1. The zero-order valence-electron chi connectivity index (χ0n) is 15.7. The van der Waals surface area contributed by atoms with Crippen LogP contribution in [0.3, 0.4) is 0 Å². The van der Waals surface area contributed by atoms with Gasteiger partial charge >= 0.3 is 11.9 Å². The third-order valence-electron chi connectivity index (χ3n) is 4.83. The summed E-state index contributed by atoms with van der Waals surface area (Å²) in [6.07, 6.45) is 7.25. The van der Waals surface area contributed by atoms with Crippen LogP contribution in [0.4, 0.5) is 0 Å². The van der Waals surface area contributed by atoms with Crippen molar-refractivity contribution < 1.29 is 19.4 Å². The topological polar surface area (TPSA) is 63.6 Å². The Morgan fingerprint density at radius 3 is 1.70 bits per heavy atom. The predicted octanol–water partition coefficient (Wildman–Crippen LogP) is 5.20. The second-order valence-corrected chi connectivity index (χ2v) is 7.11. The summed E-state index contributed by atoms with van der Waals surface area (Å²) in [5.74, 6) is -0.182. The van der Waals surface area contributed by atoms with Crippen LogP contribution in [-0.4, -0.2) is 22.6 Å². The van der Waals surface area contributed by atoms with E-state index in [4.69, 9.17) is 9.84 Å². The third-order valence-corrected chi connectivity index (χ3v) is 4.83. The summed E-state index contributed by atoms with van der Waals surface area (Å²) in [5, 5.41) is 8.55. The lowest BCUT2D eigenvalue weighted by atomic mass is 9.78. The van der Waals surface area contributed by atoms with Gasteiger partial charge in [0.2, 0.25) is 0 Å². The Hall–Kier alpha value is -1.06. The van der Waals surface area contributed by atoms with Crippen LogP contribution in [0.2, 0.25) is 0 Å². The molecule has 1 N–H and O–H groups in total. The first-order valence-corrected chi connectivity index (χ1v) is 9.19. The molecule has 0 aromatic rings. The Bertz CT molecular complexity index is 339. The van der Waals surface area contributed by atoms with Crippen molar-refractivity contribution in [2.24, 2.45) is 11.8 Å². The van der Waals surface area contributed by atoms with Crippen LogP contribution in [-0.2, 0) is 14.3 Å². The SMILES string of the molecule is CCC(OC(=O)CCCCCCCCC(=O)O)(C(C)C)C(C)C. The molecule has 0 bridgehead atoms. The van der Waals surface area contributed by atoms with Crippen LogP contribution in [0.5, 0.6) is 0 Å². The van der Waals surface area contributed by atoms with Gasteiger partial charge in [-0.25, -0.2) is 0 Å². The van der Waals surface area contributed by atoms with Crippen LogP contribution < -0.4 is 0 Å². The summed E-state index contributed by atoms with van der Waals surface area (Å²) in [7, 11) is 0. The number of ether oxygens (including phenoxy) is 1. The van der Waals surface area contributed by atoms with Crippen molar-refractivity contribution in [3.63, 3.8) is 0 Å². The molecule has 136 valence electrons. The average molecular weight is 328 g/mol. The Balaban J connectivity index is 3.95. The van der Waals surface area contributed by atoms with E-state index in [9.17, 15) is 9.59 Å². The molecule has 0 aliphatic heterocycles. The second kappa shape index (κ2) is 11.5. The maximum atomic E-state index is 12.1. The fraction of sp³-hybridized carbons (Fsp3) is 0.895. The van der Waals surface area contributed by atoms with Gasteiger partial charge in [-0.3, -0.25) is 9.59 Å². The average Bonchev–Trinajstić information content (AvgIpc) is 2.46. The first-order valence-electron chi connectivity index (χ1n) is 9.19. The van der Waals surface area contributed by atoms with Crippen molar-refractivity contribution in [2.75, 3.05) is 0 Å². The molecule has 0 aliphatic rings.